The highest BCUT2D eigenvalue weighted by Gasteiger charge is 1.88. The van der Waals surface area contributed by atoms with Crippen molar-refractivity contribution in [1.29, 1.82) is 0 Å². The third-order valence-corrected chi connectivity index (χ3v) is 0.547. The summed E-state index contributed by atoms with van der Waals surface area (Å²) < 4.78 is 0. The van der Waals surface area contributed by atoms with Crippen LogP contribution in [0.15, 0.2) is 0 Å². The summed E-state index contributed by atoms with van der Waals surface area (Å²) >= 11 is 0. The highest BCUT2D eigenvalue weighted by Crippen LogP contribution is 1.83. The fourth-order valence-electron chi connectivity index (χ4n) is 0.187. The highest BCUT2D eigenvalue weighted by atomic mass is 16.3. The van der Waals surface area contributed by atoms with Crippen LogP contribution in [0.4, 0.5) is 0 Å². The molecule has 168 valence electrons. The van der Waals surface area contributed by atoms with Gasteiger partial charge in [0, 0.05) is 37.1 Å². The van der Waals surface area contributed by atoms with Gasteiger partial charge in [-0.15, -0.1) is 0 Å². The van der Waals surface area contributed by atoms with Crippen LogP contribution in [0, 0.1) is 0 Å². The number of rotatable bonds is 2. The molecule has 1 atom stereocenters. The molecule has 0 saturated heterocycles. The van der Waals surface area contributed by atoms with Gasteiger partial charge in [0.25, 0.3) is 0 Å². The maximum absolute atomic E-state index is 8.39. The summed E-state index contributed by atoms with van der Waals surface area (Å²) in [5.41, 5.74) is 0. The Morgan fingerprint density at radius 2 is 0.538 bits per heavy atom. The van der Waals surface area contributed by atoms with Gasteiger partial charge in [-0.3, -0.25) is 0 Å². The minimum atomic E-state index is -0.352. The summed E-state index contributed by atoms with van der Waals surface area (Å²) in [6.07, 6.45) is -0.699. The molecule has 0 radical (unpaired) electrons. The molecule has 0 bridgehead atoms. The minimum absolute atomic E-state index is 0.0810. The van der Waals surface area contributed by atoms with E-state index in [-0.39, 0.29) is 43.2 Å². The monoisotopic (exact) mass is 390 g/mol. The molecule has 0 amide bonds. The van der Waals surface area contributed by atoms with Gasteiger partial charge in [0.05, 0.1) is 6.10 Å². The molecule has 0 fully saturated rings. The Morgan fingerprint density at radius 3 is 0.538 bits per heavy atom. The Labute approximate surface area is 162 Å². The summed E-state index contributed by atoms with van der Waals surface area (Å²) in [6.45, 7) is 19.0. The van der Waals surface area contributed by atoms with Crippen molar-refractivity contribution in [3.63, 3.8) is 0 Å². The van der Waals surface area contributed by atoms with Crippen LogP contribution >= 0.6 is 0 Å². The van der Waals surface area contributed by atoms with E-state index in [1.54, 1.807) is 76.2 Å². The van der Waals surface area contributed by atoms with Crippen molar-refractivity contribution in [3.8, 4) is 0 Å². The zero-order valence-corrected chi connectivity index (χ0v) is 19.0. The Hall–Kier alpha value is -0.280. The van der Waals surface area contributed by atoms with Gasteiger partial charge in [-0.2, -0.15) is 0 Å². The molecule has 7 N–H and O–H groups in total. The smallest absolute Gasteiger partial charge is 0.0533 e. The lowest BCUT2D eigenvalue weighted by molar-refractivity contribution is 0.148. The molecule has 0 aliphatic heterocycles. The number of aliphatic hydroxyl groups excluding tert-OH is 7. The molecular formula is C19H50O7. The Kier molecular flexibility index (Phi) is 55.6. The van der Waals surface area contributed by atoms with Gasteiger partial charge in [0.2, 0.25) is 0 Å². The Morgan fingerprint density at radius 1 is 0.423 bits per heavy atom. The zero-order valence-electron chi connectivity index (χ0n) is 19.0. The molecule has 0 aliphatic carbocycles. The minimum Gasteiger partial charge on any atom is -0.396 e. The second-order valence-corrected chi connectivity index (χ2v) is 6.83. The van der Waals surface area contributed by atoms with E-state index >= 15 is 0 Å². The molecular weight excluding hydrogens is 340 g/mol. The van der Waals surface area contributed by atoms with Crippen LogP contribution < -0.4 is 0 Å². The van der Waals surface area contributed by atoms with E-state index in [2.05, 4.69) is 0 Å². The molecule has 1 unspecified atom stereocenters. The van der Waals surface area contributed by atoms with Crippen molar-refractivity contribution in [1.82, 2.24) is 0 Å². The lowest BCUT2D eigenvalue weighted by atomic mass is 10.3. The van der Waals surface area contributed by atoms with Gasteiger partial charge in [0.1, 0.15) is 0 Å². The molecule has 7 heteroatoms. The van der Waals surface area contributed by atoms with E-state index in [9.17, 15) is 0 Å². The first-order valence-electron chi connectivity index (χ1n) is 9.12. The lowest BCUT2D eigenvalue weighted by Crippen LogP contribution is -2.00. The first-order valence-corrected chi connectivity index (χ1v) is 9.12. The fraction of sp³-hybridized carbons (Fsp3) is 1.00. The molecule has 0 aromatic carbocycles. The molecule has 7 nitrogen and oxygen atoms in total. The van der Waals surface area contributed by atoms with Crippen LogP contribution in [0.1, 0.15) is 82.6 Å². The van der Waals surface area contributed by atoms with E-state index in [0.29, 0.717) is 6.42 Å². The normalized spacial score (nSPS) is 10.3. The highest BCUT2D eigenvalue weighted by molar-refractivity contribution is 4.40. The molecule has 0 aromatic heterocycles. The molecule has 0 aromatic rings. The molecule has 26 heavy (non-hydrogen) atoms. The van der Waals surface area contributed by atoms with Crippen molar-refractivity contribution < 1.29 is 35.7 Å². The molecule has 0 rings (SSSR count). The van der Waals surface area contributed by atoms with Gasteiger partial charge in [-0.25, -0.2) is 0 Å². The summed E-state index contributed by atoms with van der Waals surface area (Å²) in [5.74, 6) is 0. The predicted molar refractivity (Wildman–Crippen MR) is 110 cm³/mol. The third-order valence-electron chi connectivity index (χ3n) is 0.547. The van der Waals surface area contributed by atoms with Crippen molar-refractivity contribution in [3.05, 3.63) is 0 Å². The average molecular weight is 391 g/mol. The lowest BCUT2D eigenvalue weighted by Gasteiger charge is -1.95. The Balaban J connectivity index is -0.0000000466. The Bertz CT molecular complexity index is 134. The average Bonchev–Trinajstić information content (AvgIpc) is 2.23. The summed E-state index contributed by atoms with van der Waals surface area (Å²) in [5, 5.41) is 56.7. The fourth-order valence-corrected chi connectivity index (χ4v) is 0.187. The van der Waals surface area contributed by atoms with Crippen LogP contribution in [0.2, 0.25) is 0 Å². The molecule has 0 heterocycles. The number of aliphatic hydroxyl groups is 7. The van der Waals surface area contributed by atoms with E-state index in [0.717, 1.165) is 0 Å². The standard InChI is InChI=1S/C4H10O2.5C3H8O/c1-4(6)2-3-5;5*1-3(2)4/h4-6H,2-3H2,1H3;5*3-4H,1-2H3. The second kappa shape index (κ2) is 35.8. The quantitative estimate of drug-likeness (QED) is 0.380. The van der Waals surface area contributed by atoms with Crippen LogP contribution in [0.25, 0.3) is 0 Å². The largest absolute Gasteiger partial charge is 0.396 e. The number of hydrogen-bond acceptors (Lipinski definition) is 7. The SMILES string of the molecule is CC(C)O.CC(C)O.CC(C)O.CC(C)O.CC(C)O.CC(O)CCO. The van der Waals surface area contributed by atoms with Gasteiger partial charge >= 0.3 is 0 Å². The maximum Gasteiger partial charge on any atom is 0.0533 e. The first kappa shape index (κ1) is 40.4. The van der Waals surface area contributed by atoms with E-state index in [1.165, 1.54) is 0 Å². The van der Waals surface area contributed by atoms with Crippen molar-refractivity contribution in [2.24, 2.45) is 0 Å². The van der Waals surface area contributed by atoms with Crippen LogP contribution in [-0.4, -0.2) is 79.0 Å². The number of hydrogen-bond donors (Lipinski definition) is 7. The van der Waals surface area contributed by atoms with Gasteiger partial charge in [0.15, 0.2) is 0 Å². The van der Waals surface area contributed by atoms with Crippen molar-refractivity contribution in [2.45, 2.75) is 119 Å². The summed E-state index contributed by atoms with van der Waals surface area (Å²) in [4.78, 5) is 0. The van der Waals surface area contributed by atoms with Gasteiger partial charge in [-0.05, 0) is 82.6 Å². The van der Waals surface area contributed by atoms with Crippen molar-refractivity contribution in [2.75, 3.05) is 6.61 Å². The summed E-state index contributed by atoms with van der Waals surface area (Å²) in [7, 11) is 0. The van der Waals surface area contributed by atoms with Gasteiger partial charge in [-0.1, -0.05) is 0 Å². The van der Waals surface area contributed by atoms with Gasteiger partial charge < -0.3 is 35.7 Å². The third kappa shape index (κ3) is 1650. The molecule has 0 saturated carbocycles. The van der Waals surface area contributed by atoms with Crippen LogP contribution in [0.3, 0.4) is 0 Å². The molecule has 0 spiro atoms. The van der Waals surface area contributed by atoms with E-state index < -0.39 is 0 Å². The predicted octanol–water partition coefficient (Wildman–Crippen LogP) is 1.69. The molecule has 0 aliphatic rings. The maximum atomic E-state index is 8.39. The van der Waals surface area contributed by atoms with E-state index in [1.807, 2.05) is 0 Å². The zero-order chi connectivity index (χ0) is 22.9. The second-order valence-electron chi connectivity index (χ2n) is 6.83. The topological polar surface area (TPSA) is 142 Å². The van der Waals surface area contributed by atoms with E-state index in [4.69, 9.17) is 35.7 Å². The first-order chi connectivity index (χ1) is 11.4. The van der Waals surface area contributed by atoms with Crippen LogP contribution in [0.5, 0.6) is 0 Å². The van der Waals surface area contributed by atoms with Crippen LogP contribution in [-0.2, 0) is 0 Å². The summed E-state index contributed by atoms with van der Waals surface area (Å²) in [6, 6.07) is 0. The van der Waals surface area contributed by atoms with Crippen molar-refractivity contribution >= 4 is 0 Å².